The van der Waals surface area contributed by atoms with Gasteiger partial charge in [0, 0.05) is 13.8 Å². The van der Waals surface area contributed by atoms with Crippen LogP contribution in [0.2, 0.25) is 6.04 Å². The molecule has 0 aliphatic carbocycles. The molecule has 1 aliphatic heterocycles. The monoisotopic (exact) mass is 216 g/mol. The molecule has 1 rings (SSSR count). The number of rotatable bonds is 2. The number of hydrogen-bond donors (Lipinski definition) is 0. The molecular formula is C9H16O4Si. The van der Waals surface area contributed by atoms with Crippen molar-refractivity contribution in [2.45, 2.75) is 44.9 Å². The van der Waals surface area contributed by atoms with Gasteiger partial charge in [0.1, 0.15) is 5.73 Å². The van der Waals surface area contributed by atoms with Crippen LogP contribution in [0.25, 0.3) is 0 Å². The molecule has 5 heteroatoms. The average Bonchev–Trinajstić information content (AvgIpc) is 2.06. The highest BCUT2D eigenvalue weighted by atomic mass is 28.3. The number of ether oxygens (including phenoxy) is 1. The molecule has 0 saturated carbocycles. The van der Waals surface area contributed by atoms with Crippen molar-refractivity contribution in [1.29, 1.82) is 0 Å². The predicted molar refractivity (Wildman–Crippen MR) is 53.1 cm³/mol. The fourth-order valence-corrected chi connectivity index (χ4v) is 4.47. The molecule has 14 heavy (non-hydrogen) atoms. The van der Waals surface area contributed by atoms with Crippen LogP contribution in [0.5, 0.6) is 0 Å². The van der Waals surface area contributed by atoms with Gasteiger partial charge in [-0.3, -0.25) is 9.59 Å². The van der Waals surface area contributed by atoms with Crippen LogP contribution < -0.4 is 0 Å². The summed E-state index contributed by atoms with van der Waals surface area (Å²) < 4.78 is 10.4. The normalized spacial score (nSPS) is 26.7. The summed E-state index contributed by atoms with van der Waals surface area (Å²) >= 11 is 0. The van der Waals surface area contributed by atoms with E-state index in [-0.39, 0.29) is 17.7 Å². The second-order valence-electron chi connectivity index (χ2n) is 3.58. The number of hydrogen-bond acceptors (Lipinski definition) is 4. The first-order valence-corrected chi connectivity index (χ1v) is 6.89. The van der Waals surface area contributed by atoms with Gasteiger partial charge in [-0.25, -0.2) is 0 Å². The van der Waals surface area contributed by atoms with E-state index in [9.17, 15) is 9.59 Å². The second kappa shape index (κ2) is 5.14. The van der Waals surface area contributed by atoms with Gasteiger partial charge in [-0.2, -0.15) is 0 Å². The van der Waals surface area contributed by atoms with Gasteiger partial charge in [0.25, 0.3) is 15.0 Å². The summed E-state index contributed by atoms with van der Waals surface area (Å²) in [5.41, 5.74) is -0.106. The van der Waals surface area contributed by atoms with E-state index in [1.54, 1.807) is 0 Å². The molecule has 80 valence electrons. The Morgan fingerprint density at radius 3 is 2.50 bits per heavy atom. The fraction of sp³-hybridized carbons (Fsp3) is 0.778. The molecule has 1 aliphatic rings. The second-order valence-corrected chi connectivity index (χ2v) is 6.21. The van der Waals surface area contributed by atoms with Gasteiger partial charge < -0.3 is 9.16 Å². The molecule has 2 unspecified atom stereocenters. The maximum atomic E-state index is 10.8. The van der Waals surface area contributed by atoms with E-state index in [1.807, 2.05) is 0 Å². The highest BCUT2D eigenvalue weighted by molar-refractivity contribution is 6.55. The quantitative estimate of drug-likeness (QED) is 0.509. The molecule has 0 N–H and O–H groups in total. The number of esters is 1. The Kier molecular flexibility index (Phi) is 4.12. The molecule has 0 aromatic heterocycles. The standard InChI is InChI=1S/C9H16O4Si/c1-7(10)12-9-5-3-4-6-14(9)13-8(2)11/h9,14H,3-6H2,1-2H3. The van der Waals surface area contributed by atoms with E-state index in [2.05, 4.69) is 0 Å². The molecule has 0 radical (unpaired) electrons. The van der Waals surface area contributed by atoms with Crippen molar-refractivity contribution in [2.75, 3.05) is 0 Å². The average molecular weight is 216 g/mol. The van der Waals surface area contributed by atoms with Gasteiger partial charge in [-0.1, -0.05) is 12.8 Å². The molecule has 1 fully saturated rings. The zero-order valence-corrected chi connectivity index (χ0v) is 9.77. The summed E-state index contributed by atoms with van der Waals surface area (Å²) in [4.78, 5) is 21.6. The molecule has 0 bridgehead atoms. The maximum absolute atomic E-state index is 10.8. The minimum absolute atomic E-state index is 0.106. The molecule has 1 saturated heterocycles. The van der Waals surface area contributed by atoms with Crippen LogP contribution in [0.3, 0.4) is 0 Å². The lowest BCUT2D eigenvalue weighted by Crippen LogP contribution is -2.41. The molecule has 0 aromatic rings. The summed E-state index contributed by atoms with van der Waals surface area (Å²) in [5.74, 6) is -0.526. The van der Waals surface area contributed by atoms with Crippen LogP contribution in [0.1, 0.15) is 33.1 Å². The third kappa shape index (κ3) is 3.49. The van der Waals surface area contributed by atoms with Crippen LogP contribution in [0.15, 0.2) is 0 Å². The van der Waals surface area contributed by atoms with Crippen molar-refractivity contribution in [3.05, 3.63) is 0 Å². The largest absolute Gasteiger partial charge is 0.518 e. The summed E-state index contributed by atoms with van der Waals surface area (Å²) in [6.45, 7) is 2.81. The Morgan fingerprint density at radius 1 is 1.21 bits per heavy atom. The minimum atomic E-state index is -1.65. The first-order valence-electron chi connectivity index (χ1n) is 4.94. The molecule has 1 heterocycles. The summed E-state index contributed by atoms with van der Waals surface area (Å²) in [6, 6.07) is 0.928. The Balaban J connectivity index is 2.49. The van der Waals surface area contributed by atoms with Crippen LogP contribution in [0.4, 0.5) is 0 Å². The SMILES string of the molecule is CC(=O)OC1CCCC[SiH]1OC(C)=O. The molecule has 0 amide bonds. The third-order valence-electron chi connectivity index (χ3n) is 2.28. The first-order chi connectivity index (χ1) is 6.59. The van der Waals surface area contributed by atoms with Gasteiger partial charge in [-0.15, -0.1) is 0 Å². The minimum Gasteiger partial charge on any atom is -0.518 e. The van der Waals surface area contributed by atoms with Gasteiger partial charge >= 0.3 is 5.97 Å². The van der Waals surface area contributed by atoms with Gasteiger partial charge in [0.05, 0.1) is 0 Å². The van der Waals surface area contributed by atoms with E-state index in [0.717, 1.165) is 25.3 Å². The van der Waals surface area contributed by atoms with Crippen LogP contribution in [-0.4, -0.2) is 26.7 Å². The third-order valence-corrected chi connectivity index (χ3v) is 5.19. The highest BCUT2D eigenvalue weighted by Crippen LogP contribution is 2.22. The molecule has 0 spiro atoms. The number of carbonyl (C=O) groups is 2. The van der Waals surface area contributed by atoms with Crippen molar-refractivity contribution in [2.24, 2.45) is 0 Å². The molecule has 2 atom stereocenters. The van der Waals surface area contributed by atoms with Crippen molar-refractivity contribution in [3.8, 4) is 0 Å². The lowest BCUT2D eigenvalue weighted by molar-refractivity contribution is -0.145. The molecular weight excluding hydrogens is 200 g/mol. The predicted octanol–water partition coefficient (Wildman–Crippen LogP) is 0.928. The van der Waals surface area contributed by atoms with E-state index in [1.165, 1.54) is 13.8 Å². The van der Waals surface area contributed by atoms with Gasteiger partial charge in [0.15, 0.2) is 0 Å². The topological polar surface area (TPSA) is 52.6 Å². The smallest absolute Gasteiger partial charge is 0.302 e. The van der Waals surface area contributed by atoms with Crippen LogP contribution >= 0.6 is 0 Å². The zero-order valence-electron chi connectivity index (χ0n) is 8.62. The van der Waals surface area contributed by atoms with Crippen molar-refractivity contribution >= 4 is 21.0 Å². The van der Waals surface area contributed by atoms with E-state index in [0.29, 0.717) is 0 Å². The Labute approximate surface area is 85.3 Å². The van der Waals surface area contributed by atoms with Crippen molar-refractivity contribution in [1.82, 2.24) is 0 Å². The van der Waals surface area contributed by atoms with E-state index >= 15 is 0 Å². The molecule has 0 aromatic carbocycles. The Bertz CT molecular complexity index is 205. The van der Waals surface area contributed by atoms with E-state index in [4.69, 9.17) is 9.16 Å². The summed E-state index contributed by atoms with van der Waals surface area (Å²) in [6.07, 6.45) is 2.99. The van der Waals surface area contributed by atoms with Gasteiger partial charge in [-0.05, 0) is 12.5 Å². The fourth-order valence-electron chi connectivity index (χ4n) is 1.76. The van der Waals surface area contributed by atoms with Crippen LogP contribution in [-0.2, 0) is 18.8 Å². The summed E-state index contributed by atoms with van der Waals surface area (Å²) in [7, 11) is -1.65. The zero-order chi connectivity index (χ0) is 10.6. The molecule has 4 nitrogen and oxygen atoms in total. The lowest BCUT2D eigenvalue weighted by atomic mass is 10.2. The highest BCUT2D eigenvalue weighted by Gasteiger charge is 2.32. The Morgan fingerprint density at radius 2 is 1.93 bits per heavy atom. The van der Waals surface area contributed by atoms with Gasteiger partial charge in [0.2, 0.25) is 0 Å². The lowest BCUT2D eigenvalue weighted by Gasteiger charge is -2.28. The van der Waals surface area contributed by atoms with Crippen molar-refractivity contribution in [3.63, 3.8) is 0 Å². The van der Waals surface area contributed by atoms with E-state index < -0.39 is 9.04 Å². The Hall–Kier alpha value is -0.843. The summed E-state index contributed by atoms with van der Waals surface area (Å²) in [5, 5.41) is 0. The first kappa shape index (κ1) is 11.2. The van der Waals surface area contributed by atoms with Crippen LogP contribution in [0, 0.1) is 0 Å². The van der Waals surface area contributed by atoms with Crippen molar-refractivity contribution < 1.29 is 18.8 Å². The maximum Gasteiger partial charge on any atom is 0.302 e. The number of carbonyl (C=O) groups excluding carboxylic acids is 2.